The maximum atomic E-state index is 13.1. The normalized spacial score (nSPS) is 23.1. The molecule has 2 fully saturated rings. The Morgan fingerprint density at radius 1 is 1.24 bits per heavy atom. The summed E-state index contributed by atoms with van der Waals surface area (Å²) < 4.78 is 23.6. The fourth-order valence-electron chi connectivity index (χ4n) is 3.99. The van der Waals surface area contributed by atoms with Crippen molar-refractivity contribution in [1.29, 1.82) is 0 Å². The molecule has 2 heterocycles. The highest BCUT2D eigenvalue weighted by Crippen LogP contribution is 2.32. The number of likely N-dealkylation sites (tertiary alicyclic amines) is 1. The second-order valence-electron chi connectivity index (χ2n) is 7.11. The number of carbonyl (C=O) groups is 1. The Balaban J connectivity index is 0.00000225. The first kappa shape index (κ1) is 20.2. The molecule has 1 N–H and O–H groups in total. The third-order valence-electron chi connectivity index (χ3n) is 5.45. The van der Waals surface area contributed by atoms with Gasteiger partial charge in [0.05, 0.1) is 0 Å². The van der Waals surface area contributed by atoms with Crippen molar-refractivity contribution < 1.29 is 13.2 Å². The number of hydrogen-bond acceptors (Lipinski definition) is 4. The number of carbonyl (C=O) groups excluding carboxylic acids is 1. The van der Waals surface area contributed by atoms with Crippen LogP contribution in [0.25, 0.3) is 0 Å². The van der Waals surface area contributed by atoms with Crippen LogP contribution in [0, 0.1) is 5.92 Å². The van der Waals surface area contributed by atoms with Gasteiger partial charge in [0.25, 0.3) is 0 Å². The second-order valence-corrected chi connectivity index (χ2v) is 9.44. The van der Waals surface area contributed by atoms with E-state index in [-0.39, 0.29) is 18.3 Å². The summed E-state index contributed by atoms with van der Waals surface area (Å²) >= 11 is 0. The number of nitrogens with one attached hydrogen (secondary N) is 1. The van der Waals surface area contributed by atoms with E-state index in [1.165, 1.54) is 11.8 Å². The molecule has 7 heteroatoms. The summed E-state index contributed by atoms with van der Waals surface area (Å²) in [6.45, 7) is 2.50. The molecule has 25 heavy (non-hydrogen) atoms. The first-order valence-electron chi connectivity index (χ1n) is 8.66. The zero-order valence-electron chi connectivity index (χ0n) is 14.6. The van der Waals surface area contributed by atoms with Crippen molar-refractivity contribution in [2.75, 3.05) is 32.4 Å². The number of rotatable bonds is 4. The molecule has 2 saturated heterocycles. The molecular weight excluding hydrogens is 360 g/mol. The lowest BCUT2D eigenvalue weighted by Crippen LogP contribution is -2.57. The number of piperidine rings is 1. The summed E-state index contributed by atoms with van der Waals surface area (Å²) in [5.41, 5.74) is 1.27. The first-order chi connectivity index (χ1) is 11.4. The molecule has 0 radical (unpaired) electrons. The van der Waals surface area contributed by atoms with Crippen LogP contribution in [0.2, 0.25) is 0 Å². The molecule has 0 aromatic heterocycles. The van der Waals surface area contributed by atoms with Gasteiger partial charge in [-0.3, -0.25) is 4.79 Å². The molecule has 5 nitrogen and oxygen atoms in total. The van der Waals surface area contributed by atoms with Crippen LogP contribution in [0.1, 0.15) is 24.8 Å². The Kier molecular flexibility index (Phi) is 6.51. The number of benzene rings is 1. The minimum Gasteiger partial charge on any atom is -0.341 e. The lowest BCUT2D eigenvalue weighted by atomic mass is 9.95. The Morgan fingerprint density at radius 2 is 1.88 bits per heavy atom. The van der Waals surface area contributed by atoms with Crippen LogP contribution >= 0.6 is 12.4 Å². The van der Waals surface area contributed by atoms with E-state index in [9.17, 15) is 13.2 Å². The van der Waals surface area contributed by atoms with Crippen LogP contribution in [0.4, 0.5) is 0 Å². The maximum absolute atomic E-state index is 13.1. The van der Waals surface area contributed by atoms with E-state index in [1.54, 1.807) is 4.90 Å². The molecule has 0 spiro atoms. The van der Waals surface area contributed by atoms with Crippen LogP contribution in [0.3, 0.4) is 0 Å². The molecule has 2 aliphatic rings. The molecule has 1 aromatic rings. The Bertz CT molecular complexity index is 688. The van der Waals surface area contributed by atoms with Gasteiger partial charge in [0.1, 0.15) is 0 Å². The molecule has 140 valence electrons. The number of nitrogens with zero attached hydrogens (tertiary/aromatic N) is 1. The van der Waals surface area contributed by atoms with Crippen LogP contribution in [0.15, 0.2) is 30.3 Å². The van der Waals surface area contributed by atoms with Gasteiger partial charge in [-0.05, 0) is 50.3 Å². The van der Waals surface area contributed by atoms with Crippen LogP contribution in [0.5, 0.6) is 0 Å². The van der Waals surface area contributed by atoms with E-state index < -0.39 is 14.6 Å². The second kappa shape index (κ2) is 8.06. The Hall–Kier alpha value is -1.11. The monoisotopic (exact) mass is 386 g/mol. The van der Waals surface area contributed by atoms with E-state index in [1.807, 2.05) is 18.2 Å². The Labute approximate surface area is 156 Å². The summed E-state index contributed by atoms with van der Waals surface area (Å²) in [5, 5.41) is 3.16. The van der Waals surface area contributed by atoms with Gasteiger partial charge in [0.2, 0.25) is 5.91 Å². The average Bonchev–Trinajstić information content (AvgIpc) is 3.03. The molecule has 1 amide bonds. The van der Waals surface area contributed by atoms with Gasteiger partial charge in [-0.1, -0.05) is 30.3 Å². The SMILES string of the molecule is CS(=O)(=O)C1(C(=O)N2CCC(Cc3ccccc3)C2)CCNCC1.Cl. The van der Waals surface area contributed by atoms with Gasteiger partial charge < -0.3 is 10.2 Å². The number of hydrogen-bond donors (Lipinski definition) is 1. The fourth-order valence-corrected chi connectivity index (χ4v) is 5.39. The van der Waals surface area contributed by atoms with Gasteiger partial charge in [-0.25, -0.2) is 8.42 Å². The molecule has 0 aliphatic carbocycles. The lowest BCUT2D eigenvalue weighted by molar-refractivity contribution is -0.133. The molecule has 1 aromatic carbocycles. The summed E-state index contributed by atoms with van der Waals surface area (Å²) in [6, 6.07) is 10.3. The minimum atomic E-state index is -3.43. The van der Waals surface area contributed by atoms with Crippen molar-refractivity contribution in [3.05, 3.63) is 35.9 Å². The minimum absolute atomic E-state index is 0. The van der Waals surface area contributed by atoms with E-state index in [2.05, 4.69) is 17.4 Å². The van der Waals surface area contributed by atoms with Crippen molar-refractivity contribution in [2.45, 2.75) is 30.4 Å². The predicted molar refractivity (Wildman–Crippen MR) is 102 cm³/mol. The van der Waals surface area contributed by atoms with E-state index in [4.69, 9.17) is 0 Å². The van der Waals surface area contributed by atoms with Gasteiger partial charge in [-0.2, -0.15) is 0 Å². The average molecular weight is 387 g/mol. The van der Waals surface area contributed by atoms with Crippen molar-refractivity contribution in [1.82, 2.24) is 10.2 Å². The highest BCUT2D eigenvalue weighted by Gasteiger charge is 2.51. The third-order valence-corrected chi connectivity index (χ3v) is 7.45. The molecular formula is C18H27ClN2O3S. The smallest absolute Gasteiger partial charge is 0.244 e. The fraction of sp³-hybridized carbons (Fsp3) is 0.611. The molecule has 3 rings (SSSR count). The number of halogens is 1. The number of amides is 1. The van der Waals surface area contributed by atoms with E-state index in [0.29, 0.717) is 44.9 Å². The zero-order chi connectivity index (χ0) is 17.2. The molecule has 1 atom stereocenters. The van der Waals surface area contributed by atoms with Crippen LogP contribution < -0.4 is 5.32 Å². The Morgan fingerprint density at radius 3 is 2.48 bits per heavy atom. The molecule has 0 saturated carbocycles. The highest BCUT2D eigenvalue weighted by atomic mass is 35.5. The van der Waals surface area contributed by atoms with E-state index >= 15 is 0 Å². The van der Waals surface area contributed by atoms with Crippen LogP contribution in [-0.2, 0) is 21.1 Å². The van der Waals surface area contributed by atoms with Gasteiger partial charge in [0.15, 0.2) is 14.6 Å². The largest absolute Gasteiger partial charge is 0.341 e. The van der Waals surface area contributed by atoms with Crippen molar-refractivity contribution in [3.8, 4) is 0 Å². The third kappa shape index (κ3) is 4.18. The highest BCUT2D eigenvalue weighted by molar-refractivity contribution is 7.92. The summed E-state index contributed by atoms with van der Waals surface area (Å²) in [6.07, 6.45) is 3.86. The van der Waals surface area contributed by atoms with Gasteiger partial charge in [-0.15, -0.1) is 12.4 Å². The van der Waals surface area contributed by atoms with E-state index in [0.717, 1.165) is 12.8 Å². The maximum Gasteiger partial charge on any atom is 0.244 e. The summed E-state index contributed by atoms with van der Waals surface area (Å²) in [4.78, 5) is 14.9. The van der Waals surface area contributed by atoms with Crippen molar-refractivity contribution in [3.63, 3.8) is 0 Å². The van der Waals surface area contributed by atoms with Crippen molar-refractivity contribution >= 4 is 28.2 Å². The predicted octanol–water partition coefficient (Wildman–Crippen LogP) is 1.67. The summed E-state index contributed by atoms with van der Waals surface area (Å²) in [5.74, 6) is 0.233. The number of sulfone groups is 1. The first-order valence-corrected chi connectivity index (χ1v) is 10.6. The quantitative estimate of drug-likeness (QED) is 0.854. The standard InChI is InChI=1S/C18H26N2O3S.ClH/c1-24(22,23)18(8-10-19-11-9-18)17(21)20-12-7-16(14-20)13-15-5-3-2-4-6-15;/h2-6,16,19H,7-14H2,1H3;1H. The van der Waals surface area contributed by atoms with Crippen molar-refractivity contribution in [2.24, 2.45) is 5.92 Å². The lowest BCUT2D eigenvalue weighted by Gasteiger charge is -2.37. The topological polar surface area (TPSA) is 66.5 Å². The van der Waals surface area contributed by atoms with Gasteiger partial charge >= 0.3 is 0 Å². The molecule has 1 unspecified atom stereocenters. The van der Waals surface area contributed by atoms with Gasteiger partial charge in [0, 0.05) is 19.3 Å². The van der Waals surface area contributed by atoms with Crippen LogP contribution in [-0.4, -0.2) is 56.4 Å². The summed E-state index contributed by atoms with van der Waals surface area (Å²) in [7, 11) is -3.43. The molecule has 2 aliphatic heterocycles. The zero-order valence-corrected chi connectivity index (χ0v) is 16.2. The molecule has 0 bridgehead atoms.